The van der Waals surface area contributed by atoms with Crippen LogP contribution in [0.1, 0.15) is 4.88 Å². The third-order valence-electron chi connectivity index (χ3n) is 2.45. The highest BCUT2D eigenvalue weighted by atomic mass is 32.1. The van der Waals surface area contributed by atoms with Crippen molar-refractivity contribution in [3.05, 3.63) is 41.3 Å². The number of hydrogen-bond donors (Lipinski definition) is 2. The number of guanidine groups is 1. The van der Waals surface area contributed by atoms with Crippen LogP contribution in [-0.2, 0) is 6.54 Å². The first-order valence-electron chi connectivity index (χ1n) is 5.47. The first kappa shape index (κ1) is 12.4. The number of nitrogens with zero attached hydrogens (tertiary/aromatic N) is 1. The zero-order valence-corrected chi connectivity index (χ0v) is 10.9. The molecule has 1 aromatic carbocycles. The average Bonchev–Trinajstić information content (AvgIpc) is 2.85. The fourth-order valence-corrected chi connectivity index (χ4v) is 2.48. The predicted octanol–water partition coefficient (Wildman–Crippen LogP) is 2.20. The van der Waals surface area contributed by atoms with Gasteiger partial charge in [0.15, 0.2) is 5.96 Å². The summed E-state index contributed by atoms with van der Waals surface area (Å²) in [7, 11) is 1.66. The summed E-state index contributed by atoms with van der Waals surface area (Å²) in [5.74, 6) is 0.977. The molecular weight excluding hydrogens is 246 g/mol. The van der Waals surface area contributed by atoms with E-state index >= 15 is 0 Å². The zero-order valence-electron chi connectivity index (χ0n) is 10.1. The normalized spacial score (nSPS) is 10.1. The van der Waals surface area contributed by atoms with Gasteiger partial charge in [-0.15, -0.1) is 11.3 Å². The lowest BCUT2D eigenvalue weighted by Crippen LogP contribution is -2.22. The van der Waals surface area contributed by atoms with E-state index in [2.05, 4.69) is 11.1 Å². The molecule has 0 saturated heterocycles. The van der Waals surface area contributed by atoms with Crippen molar-refractivity contribution in [2.45, 2.75) is 6.54 Å². The molecule has 18 heavy (non-hydrogen) atoms. The molecule has 0 aliphatic carbocycles. The van der Waals surface area contributed by atoms with E-state index < -0.39 is 0 Å². The first-order valence-corrected chi connectivity index (χ1v) is 6.29. The number of nitrogens with two attached hydrogens (primary N) is 2. The van der Waals surface area contributed by atoms with E-state index in [4.69, 9.17) is 16.2 Å². The molecule has 2 rings (SSSR count). The van der Waals surface area contributed by atoms with Gasteiger partial charge in [-0.1, -0.05) is 0 Å². The molecule has 0 unspecified atom stereocenters. The predicted molar refractivity (Wildman–Crippen MR) is 75.8 cm³/mol. The lowest BCUT2D eigenvalue weighted by Gasteiger charge is -2.00. The largest absolute Gasteiger partial charge is 0.497 e. The Morgan fingerprint density at radius 2 is 1.89 bits per heavy atom. The maximum Gasteiger partial charge on any atom is 0.186 e. The van der Waals surface area contributed by atoms with Crippen molar-refractivity contribution < 1.29 is 4.74 Å². The Bertz CT molecular complexity index is 542. The monoisotopic (exact) mass is 261 g/mol. The highest BCUT2D eigenvalue weighted by Gasteiger charge is 2.03. The van der Waals surface area contributed by atoms with Crippen LogP contribution in [0.25, 0.3) is 10.4 Å². The summed E-state index contributed by atoms with van der Waals surface area (Å²) < 4.78 is 5.13. The van der Waals surface area contributed by atoms with Gasteiger partial charge in [-0.05, 0) is 42.0 Å². The lowest BCUT2D eigenvalue weighted by atomic mass is 10.2. The fraction of sp³-hybridized carbons (Fsp3) is 0.154. The lowest BCUT2D eigenvalue weighted by molar-refractivity contribution is 0.415. The minimum absolute atomic E-state index is 0.120. The van der Waals surface area contributed by atoms with E-state index in [1.54, 1.807) is 18.4 Å². The number of thiophene rings is 1. The van der Waals surface area contributed by atoms with Gasteiger partial charge in [-0.3, -0.25) is 0 Å². The van der Waals surface area contributed by atoms with Crippen LogP contribution in [0, 0.1) is 0 Å². The van der Waals surface area contributed by atoms with Gasteiger partial charge >= 0.3 is 0 Å². The van der Waals surface area contributed by atoms with Gasteiger partial charge in [-0.25, -0.2) is 4.99 Å². The average molecular weight is 261 g/mol. The summed E-state index contributed by atoms with van der Waals surface area (Å²) in [4.78, 5) is 6.32. The van der Waals surface area contributed by atoms with Crippen LogP contribution in [0.2, 0.25) is 0 Å². The molecule has 4 N–H and O–H groups in total. The number of benzene rings is 1. The quantitative estimate of drug-likeness (QED) is 0.654. The van der Waals surface area contributed by atoms with Crippen molar-refractivity contribution in [1.82, 2.24) is 0 Å². The second-order valence-electron chi connectivity index (χ2n) is 3.74. The molecule has 2 aromatic rings. The minimum Gasteiger partial charge on any atom is -0.497 e. The molecule has 0 radical (unpaired) electrons. The Morgan fingerprint density at radius 3 is 2.50 bits per heavy atom. The fourth-order valence-electron chi connectivity index (χ4n) is 1.54. The highest BCUT2D eigenvalue weighted by Crippen LogP contribution is 2.29. The molecule has 0 saturated carbocycles. The van der Waals surface area contributed by atoms with Gasteiger partial charge in [0.1, 0.15) is 5.75 Å². The van der Waals surface area contributed by atoms with E-state index in [1.807, 2.05) is 30.3 Å². The van der Waals surface area contributed by atoms with Crippen molar-refractivity contribution >= 4 is 17.3 Å². The Labute approximate surface area is 110 Å². The summed E-state index contributed by atoms with van der Waals surface area (Å²) in [6.07, 6.45) is 0. The van der Waals surface area contributed by atoms with Crippen LogP contribution in [0.4, 0.5) is 0 Å². The van der Waals surface area contributed by atoms with E-state index in [9.17, 15) is 0 Å². The zero-order chi connectivity index (χ0) is 13.0. The van der Waals surface area contributed by atoms with Gasteiger partial charge in [0.05, 0.1) is 13.7 Å². The summed E-state index contributed by atoms with van der Waals surface area (Å²) >= 11 is 1.68. The number of rotatable bonds is 4. The molecular formula is C13H15N3OS. The first-order chi connectivity index (χ1) is 8.69. The number of methoxy groups -OCH3 is 1. The minimum atomic E-state index is 0.120. The molecule has 1 heterocycles. The molecule has 0 spiro atoms. The van der Waals surface area contributed by atoms with Crippen LogP contribution < -0.4 is 16.2 Å². The molecule has 1 aromatic heterocycles. The molecule has 94 valence electrons. The third kappa shape index (κ3) is 3.01. The van der Waals surface area contributed by atoms with Gasteiger partial charge in [-0.2, -0.15) is 0 Å². The molecule has 5 heteroatoms. The Kier molecular flexibility index (Phi) is 3.84. The van der Waals surface area contributed by atoms with Crippen molar-refractivity contribution in [2.75, 3.05) is 7.11 Å². The maximum atomic E-state index is 5.31. The Balaban J connectivity index is 2.15. The van der Waals surface area contributed by atoms with Crippen LogP contribution in [-0.4, -0.2) is 13.1 Å². The van der Waals surface area contributed by atoms with Crippen LogP contribution in [0.3, 0.4) is 0 Å². The molecule has 0 fully saturated rings. The summed E-state index contributed by atoms with van der Waals surface area (Å²) in [6, 6.07) is 12.1. The standard InChI is InChI=1S/C13H15N3OS/c1-17-10-4-2-9(3-5-10)12-7-6-11(18-12)8-16-13(14)15/h2-7H,8H2,1H3,(H4,14,15,16). The van der Waals surface area contributed by atoms with E-state index in [0.717, 1.165) is 16.2 Å². The SMILES string of the molecule is COc1ccc(-c2ccc(CN=C(N)N)s2)cc1. The maximum absolute atomic E-state index is 5.31. The molecule has 0 bridgehead atoms. The van der Waals surface area contributed by atoms with Crippen molar-refractivity contribution in [2.24, 2.45) is 16.5 Å². The van der Waals surface area contributed by atoms with Gasteiger partial charge in [0.25, 0.3) is 0 Å². The van der Waals surface area contributed by atoms with E-state index in [-0.39, 0.29) is 5.96 Å². The van der Waals surface area contributed by atoms with Crippen LogP contribution in [0.15, 0.2) is 41.4 Å². The van der Waals surface area contributed by atoms with Crippen molar-refractivity contribution in [3.8, 4) is 16.2 Å². The second-order valence-corrected chi connectivity index (χ2v) is 4.90. The molecule has 0 aliphatic rings. The van der Waals surface area contributed by atoms with Gasteiger partial charge < -0.3 is 16.2 Å². The summed E-state index contributed by atoms with van der Waals surface area (Å²) in [5, 5.41) is 0. The number of aliphatic imine (C=N–C) groups is 1. The van der Waals surface area contributed by atoms with E-state index in [1.165, 1.54) is 4.88 Å². The second kappa shape index (κ2) is 5.55. The third-order valence-corrected chi connectivity index (χ3v) is 3.57. The van der Waals surface area contributed by atoms with Crippen molar-refractivity contribution in [1.29, 1.82) is 0 Å². The molecule has 0 atom stereocenters. The Morgan fingerprint density at radius 1 is 1.17 bits per heavy atom. The topological polar surface area (TPSA) is 73.6 Å². The smallest absolute Gasteiger partial charge is 0.186 e. The summed E-state index contributed by atoms with van der Waals surface area (Å²) in [6.45, 7) is 0.531. The molecule has 0 aliphatic heterocycles. The molecule has 0 amide bonds. The number of hydrogen-bond acceptors (Lipinski definition) is 3. The van der Waals surface area contributed by atoms with Crippen LogP contribution >= 0.6 is 11.3 Å². The van der Waals surface area contributed by atoms with Crippen LogP contribution in [0.5, 0.6) is 5.75 Å². The summed E-state index contributed by atoms with van der Waals surface area (Å²) in [5.41, 5.74) is 11.8. The highest BCUT2D eigenvalue weighted by molar-refractivity contribution is 7.15. The van der Waals surface area contributed by atoms with E-state index in [0.29, 0.717) is 6.54 Å². The van der Waals surface area contributed by atoms with Gasteiger partial charge in [0.2, 0.25) is 0 Å². The Hall–Kier alpha value is -2.01. The molecule has 4 nitrogen and oxygen atoms in total. The van der Waals surface area contributed by atoms with Gasteiger partial charge in [0, 0.05) is 9.75 Å². The van der Waals surface area contributed by atoms with Crippen molar-refractivity contribution in [3.63, 3.8) is 0 Å². The number of ether oxygens (including phenoxy) is 1.